The minimum absolute atomic E-state index is 0.243. The number of alkyl carbamates (subject to hydrolysis) is 1. The fourth-order valence-corrected chi connectivity index (χ4v) is 2.96. The molecule has 2 atom stereocenters. The van der Waals surface area contributed by atoms with E-state index in [-0.39, 0.29) is 24.5 Å². The molecule has 0 unspecified atom stereocenters. The van der Waals surface area contributed by atoms with Gasteiger partial charge in [0.2, 0.25) is 0 Å². The molecule has 1 N–H and O–H groups in total. The number of amides is 1. The van der Waals surface area contributed by atoms with Crippen LogP contribution < -0.4 is 5.32 Å². The van der Waals surface area contributed by atoms with Crippen molar-refractivity contribution in [2.24, 2.45) is 5.92 Å². The minimum atomic E-state index is -0.582. The van der Waals surface area contributed by atoms with E-state index in [2.05, 4.69) is 5.32 Å². The lowest BCUT2D eigenvalue weighted by Crippen LogP contribution is -2.41. The number of benzene rings is 2. The number of carbonyl (C=O) groups is 2. The van der Waals surface area contributed by atoms with E-state index in [4.69, 9.17) is 9.47 Å². The summed E-state index contributed by atoms with van der Waals surface area (Å²) in [5.41, 5.74) is 1.45. The largest absolute Gasteiger partial charge is 0.461 e. The lowest BCUT2D eigenvalue weighted by Gasteiger charge is -2.25. The summed E-state index contributed by atoms with van der Waals surface area (Å²) in [4.78, 5) is 24.7. The summed E-state index contributed by atoms with van der Waals surface area (Å²) in [6.07, 6.45) is 0.585. The van der Waals surface area contributed by atoms with Crippen LogP contribution in [0.4, 0.5) is 4.79 Å². The molecule has 0 heterocycles. The molecule has 2 aromatic rings. The van der Waals surface area contributed by atoms with Gasteiger partial charge in [-0.1, -0.05) is 67.6 Å². The van der Waals surface area contributed by atoms with Gasteiger partial charge in [-0.2, -0.15) is 0 Å². The highest BCUT2D eigenvalue weighted by atomic mass is 16.6. The molecule has 0 radical (unpaired) electrons. The van der Waals surface area contributed by atoms with E-state index in [1.807, 2.05) is 88.4 Å². The van der Waals surface area contributed by atoms with Crippen molar-refractivity contribution in [2.75, 3.05) is 0 Å². The van der Waals surface area contributed by atoms with Gasteiger partial charge in [-0.05, 0) is 44.7 Å². The number of nitrogens with one attached hydrogen (secondary N) is 1. The van der Waals surface area contributed by atoms with Crippen LogP contribution in [0.15, 0.2) is 60.7 Å². The highest BCUT2D eigenvalue weighted by Gasteiger charge is 2.24. The van der Waals surface area contributed by atoms with Crippen molar-refractivity contribution in [1.29, 1.82) is 0 Å². The van der Waals surface area contributed by atoms with E-state index < -0.39 is 11.7 Å². The van der Waals surface area contributed by atoms with Crippen LogP contribution in [0.1, 0.15) is 45.2 Å². The Hall–Kier alpha value is -2.82. The SMILES string of the molecule is C[C@@H](C[C@H](Cc1ccccc1)NC(=O)OC(C)(C)C)C(=O)OCc1ccccc1. The van der Waals surface area contributed by atoms with Crippen LogP contribution >= 0.6 is 0 Å². The Bertz CT molecular complexity index is 768. The molecule has 0 bridgehead atoms. The molecule has 0 aliphatic heterocycles. The van der Waals surface area contributed by atoms with Gasteiger partial charge in [0.15, 0.2) is 0 Å². The molecular formula is C24H31NO4. The summed E-state index contributed by atoms with van der Waals surface area (Å²) in [7, 11) is 0. The van der Waals surface area contributed by atoms with E-state index >= 15 is 0 Å². The molecule has 156 valence electrons. The van der Waals surface area contributed by atoms with E-state index in [9.17, 15) is 9.59 Å². The van der Waals surface area contributed by atoms with Crippen molar-refractivity contribution in [3.8, 4) is 0 Å². The lowest BCUT2D eigenvalue weighted by molar-refractivity contribution is -0.149. The van der Waals surface area contributed by atoms with Crippen LogP contribution in [0.3, 0.4) is 0 Å². The molecular weight excluding hydrogens is 366 g/mol. The zero-order valence-electron chi connectivity index (χ0n) is 17.7. The minimum Gasteiger partial charge on any atom is -0.461 e. The molecule has 0 aromatic heterocycles. The number of rotatable bonds is 8. The molecule has 0 saturated heterocycles. The molecule has 5 nitrogen and oxygen atoms in total. The number of esters is 1. The summed E-state index contributed by atoms with van der Waals surface area (Å²) in [6.45, 7) is 7.53. The van der Waals surface area contributed by atoms with Gasteiger partial charge in [0.25, 0.3) is 0 Å². The summed E-state index contributed by atoms with van der Waals surface area (Å²) in [5, 5.41) is 2.91. The van der Waals surface area contributed by atoms with Crippen LogP contribution in [0.2, 0.25) is 0 Å². The van der Waals surface area contributed by atoms with E-state index in [0.717, 1.165) is 11.1 Å². The fourth-order valence-electron chi connectivity index (χ4n) is 2.96. The molecule has 1 amide bonds. The fraction of sp³-hybridized carbons (Fsp3) is 0.417. The van der Waals surface area contributed by atoms with Gasteiger partial charge in [0.1, 0.15) is 12.2 Å². The van der Waals surface area contributed by atoms with E-state index in [1.54, 1.807) is 0 Å². The number of ether oxygens (including phenoxy) is 2. The lowest BCUT2D eigenvalue weighted by atomic mass is 9.96. The van der Waals surface area contributed by atoms with Gasteiger partial charge in [0, 0.05) is 6.04 Å². The molecule has 2 aromatic carbocycles. The van der Waals surface area contributed by atoms with Crippen LogP contribution in [0.25, 0.3) is 0 Å². The van der Waals surface area contributed by atoms with Crippen molar-refractivity contribution in [1.82, 2.24) is 5.32 Å². The second kappa shape index (κ2) is 10.6. The molecule has 0 aliphatic carbocycles. The Labute approximate surface area is 173 Å². The molecule has 29 heavy (non-hydrogen) atoms. The van der Waals surface area contributed by atoms with Gasteiger partial charge in [0.05, 0.1) is 5.92 Å². The first-order valence-electron chi connectivity index (χ1n) is 9.97. The summed E-state index contributed by atoms with van der Waals surface area (Å²) < 4.78 is 10.8. The van der Waals surface area contributed by atoms with Gasteiger partial charge >= 0.3 is 12.1 Å². The zero-order valence-corrected chi connectivity index (χ0v) is 17.7. The molecule has 0 aliphatic rings. The van der Waals surface area contributed by atoms with Crippen molar-refractivity contribution in [3.05, 3.63) is 71.8 Å². The normalized spacial score (nSPS) is 13.2. The second-order valence-electron chi connectivity index (χ2n) is 8.26. The van der Waals surface area contributed by atoms with Crippen LogP contribution in [0, 0.1) is 5.92 Å². The van der Waals surface area contributed by atoms with Gasteiger partial charge in [-0.25, -0.2) is 4.79 Å². The van der Waals surface area contributed by atoms with Crippen LogP contribution in [-0.2, 0) is 27.3 Å². The van der Waals surface area contributed by atoms with Crippen LogP contribution in [0.5, 0.6) is 0 Å². The van der Waals surface area contributed by atoms with Crippen molar-refractivity contribution < 1.29 is 19.1 Å². The molecule has 5 heteroatoms. The Morgan fingerprint density at radius 3 is 2.03 bits per heavy atom. The third-order valence-electron chi connectivity index (χ3n) is 4.31. The number of hydrogen-bond acceptors (Lipinski definition) is 4. The predicted octanol–water partition coefficient (Wildman–Crippen LogP) is 4.89. The van der Waals surface area contributed by atoms with Crippen LogP contribution in [-0.4, -0.2) is 23.7 Å². The first-order chi connectivity index (χ1) is 13.7. The Balaban J connectivity index is 1.97. The highest BCUT2D eigenvalue weighted by Crippen LogP contribution is 2.16. The Kier molecular flexibility index (Phi) is 8.25. The third-order valence-corrected chi connectivity index (χ3v) is 4.31. The number of carbonyl (C=O) groups excluding carboxylic acids is 2. The maximum Gasteiger partial charge on any atom is 0.407 e. The molecule has 0 fully saturated rings. The average Bonchev–Trinajstić information content (AvgIpc) is 2.66. The first-order valence-corrected chi connectivity index (χ1v) is 9.97. The molecule has 0 saturated carbocycles. The third kappa shape index (κ3) is 8.81. The van der Waals surface area contributed by atoms with Gasteiger partial charge in [-0.15, -0.1) is 0 Å². The summed E-state index contributed by atoms with van der Waals surface area (Å²) in [5.74, 6) is -0.639. The Morgan fingerprint density at radius 2 is 1.48 bits per heavy atom. The predicted molar refractivity (Wildman–Crippen MR) is 113 cm³/mol. The second-order valence-corrected chi connectivity index (χ2v) is 8.26. The number of hydrogen-bond donors (Lipinski definition) is 1. The standard InChI is InChI=1S/C24H31NO4/c1-18(22(26)28-17-20-13-9-6-10-14-20)15-21(16-19-11-7-5-8-12-19)25-23(27)29-24(2,3)4/h5-14,18,21H,15-17H2,1-4H3,(H,25,27)/t18-,21+/m0/s1. The molecule has 0 spiro atoms. The first kappa shape index (κ1) is 22.5. The highest BCUT2D eigenvalue weighted by molar-refractivity contribution is 5.72. The topological polar surface area (TPSA) is 64.6 Å². The zero-order chi connectivity index (χ0) is 21.3. The summed E-state index contributed by atoms with van der Waals surface area (Å²) in [6, 6.07) is 19.2. The van der Waals surface area contributed by atoms with Gasteiger partial charge in [-0.3, -0.25) is 4.79 Å². The maximum atomic E-state index is 12.5. The monoisotopic (exact) mass is 397 g/mol. The smallest absolute Gasteiger partial charge is 0.407 e. The van der Waals surface area contributed by atoms with Crippen molar-refractivity contribution in [2.45, 2.75) is 58.8 Å². The van der Waals surface area contributed by atoms with Crippen molar-refractivity contribution in [3.63, 3.8) is 0 Å². The maximum absolute atomic E-state index is 12.5. The summed E-state index contributed by atoms with van der Waals surface area (Å²) >= 11 is 0. The van der Waals surface area contributed by atoms with E-state index in [1.165, 1.54) is 0 Å². The van der Waals surface area contributed by atoms with Crippen molar-refractivity contribution >= 4 is 12.1 Å². The van der Waals surface area contributed by atoms with E-state index in [0.29, 0.717) is 12.8 Å². The van der Waals surface area contributed by atoms with Gasteiger partial charge < -0.3 is 14.8 Å². The Morgan fingerprint density at radius 1 is 0.931 bits per heavy atom. The average molecular weight is 398 g/mol. The quantitative estimate of drug-likeness (QED) is 0.644. The molecule has 2 rings (SSSR count).